The Bertz CT molecular complexity index is 365. The zero-order chi connectivity index (χ0) is 11.4. The molecule has 16 heavy (non-hydrogen) atoms. The second kappa shape index (κ2) is 5.15. The SMILES string of the molecule is Nc1cccc(C(=O)C2CCCCCC2)c1. The minimum Gasteiger partial charge on any atom is -0.399 e. The number of rotatable bonds is 2. The molecule has 0 heterocycles. The fraction of sp³-hybridized carbons (Fsp3) is 0.500. The Morgan fingerprint density at radius 3 is 2.44 bits per heavy atom. The van der Waals surface area contributed by atoms with E-state index in [1.165, 1.54) is 25.7 Å². The molecule has 0 unspecified atom stereocenters. The first kappa shape index (κ1) is 11.2. The molecule has 0 saturated heterocycles. The van der Waals surface area contributed by atoms with Crippen LogP contribution in [0.15, 0.2) is 24.3 Å². The maximum absolute atomic E-state index is 12.2. The van der Waals surface area contributed by atoms with Gasteiger partial charge in [0.1, 0.15) is 0 Å². The van der Waals surface area contributed by atoms with Crippen LogP contribution in [0.2, 0.25) is 0 Å². The second-order valence-corrected chi connectivity index (χ2v) is 4.68. The van der Waals surface area contributed by atoms with Gasteiger partial charge in [-0.3, -0.25) is 4.79 Å². The number of hydrogen-bond donors (Lipinski definition) is 1. The fourth-order valence-corrected chi connectivity index (χ4v) is 2.47. The maximum Gasteiger partial charge on any atom is 0.166 e. The summed E-state index contributed by atoms with van der Waals surface area (Å²) < 4.78 is 0. The molecule has 1 aromatic rings. The van der Waals surface area contributed by atoms with Crippen molar-refractivity contribution in [2.45, 2.75) is 38.5 Å². The van der Waals surface area contributed by atoms with E-state index in [2.05, 4.69) is 0 Å². The summed E-state index contributed by atoms with van der Waals surface area (Å²) in [6, 6.07) is 7.36. The summed E-state index contributed by atoms with van der Waals surface area (Å²) in [4.78, 5) is 12.2. The normalized spacial score (nSPS) is 18.0. The number of benzene rings is 1. The van der Waals surface area contributed by atoms with Crippen LogP contribution in [-0.4, -0.2) is 5.78 Å². The summed E-state index contributed by atoms with van der Waals surface area (Å²) in [5.74, 6) is 0.513. The Morgan fingerprint density at radius 1 is 1.12 bits per heavy atom. The number of nitrogens with two attached hydrogens (primary N) is 1. The van der Waals surface area contributed by atoms with Gasteiger partial charge in [-0.25, -0.2) is 0 Å². The highest BCUT2D eigenvalue weighted by atomic mass is 16.1. The molecule has 2 N–H and O–H groups in total. The molecule has 1 saturated carbocycles. The van der Waals surface area contributed by atoms with E-state index in [1.54, 1.807) is 6.07 Å². The zero-order valence-corrected chi connectivity index (χ0v) is 9.61. The van der Waals surface area contributed by atoms with Crippen molar-refractivity contribution < 1.29 is 4.79 Å². The minimum atomic E-state index is 0.226. The van der Waals surface area contributed by atoms with Crippen LogP contribution in [-0.2, 0) is 0 Å². The maximum atomic E-state index is 12.2. The monoisotopic (exact) mass is 217 g/mol. The molecule has 1 aromatic carbocycles. The summed E-state index contributed by atoms with van der Waals surface area (Å²) in [6.07, 6.45) is 7.04. The van der Waals surface area contributed by atoms with Crippen LogP contribution in [0.5, 0.6) is 0 Å². The number of ketones is 1. The number of nitrogen functional groups attached to an aromatic ring is 1. The van der Waals surface area contributed by atoms with Crippen LogP contribution in [0.4, 0.5) is 5.69 Å². The van der Waals surface area contributed by atoms with Gasteiger partial charge in [0, 0.05) is 17.2 Å². The van der Waals surface area contributed by atoms with E-state index in [9.17, 15) is 4.79 Å². The third-order valence-corrected chi connectivity index (χ3v) is 3.40. The van der Waals surface area contributed by atoms with Gasteiger partial charge in [-0.1, -0.05) is 37.8 Å². The molecule has 1 aliphatic rings. The quantitative estimate of drug-likeness (QED) is 0.468. The predicted molar refractivity (Wildman–Crippen MR) is 66.4 cm³/mol. The van der Waals surface area contributed by atoms with Gasteiger partial charge in [0.2, 0.25) is 0 Å². The lowest BCUT2D eigenvalue weighted by Crippen LogP contribution is -2.14. The predicted octanol–water partition coefficient (Wildman–Crippen LogP) is 3.42. The van der Waals surface area contributed by atoms with Crippen LogP contribution in [0, 0.1) is 5.92 Å². The number of Topliss-reactive ketones (excluding diaryl/α,β-unsaturated/α-hetero) is 1. The van der Waals surface area contributed by atoms with E-state index in [0.717, 1.165) is 18.4 Å². The topological polar surface area (TPSA) is 43.1 Å². The van der Waals surface area contributed by atoms with Gasteiger partial charge >= 0.3 is 0 Å². The molecule has 0 aliphatic heterocycles. The highest BCUT2D eigenvalue weighted by Crippen LogP contribution is 2.26. The molecule has 86 valence electrons. The van der Waals surface area contributed by atoms with Crippen molar-refractivity contribution in [1.82, 2.24) is 0 Å². The summed E-state index contributed by atoms with van der Waals surface area (Å²) in [5.41, 5.74) is 7.17. The zero-order valence-electron chi connectivity index (χ0n) is 9.61. The first-order valence-corrected chi connectivity index (χ1v) is 6.17. The number of hydrogen-bond acceptors (Lipinski definition) is 2. The van der Waals surface area contributed by atoms with E-state index in [1.807, 2.05) is 18.2 Å². The van der Waals surface area contributed by atoms with Crippen LogP contribution in [0.3, 0.4) is 0 Å². The van der Waals surface area contributed by atoms with Gasteiger partial charge in [0.25, 0.3) is 0 Å². The average Bonchev–Trinajstić information content (AvgIpc) is 2.56. The standard InChI is InChI=1S/C14H19NO/c15-13-9-5-8-12(10-13)14(16)11-6-3-1-2-4-7-11/h5,8-11H,1-4,6-7,15H2. The molecule has 2 nitrogen and oxygen atoms in total. The lowest BCUT2D eigenvalue weighted by Gasteiger charge is -2.12. The van der Waals surface area contributed by atoms with Gasteiger partial charge in [-0.2, -0.15) is 0 Å². The van der Waals surface area contributed by atoms with E-state index < -0.39 is 0 Å². The Kier molecular flexibility index (Phi) is 3.60. The lowest BCUT2D eigenvalue weighted by molar-refractivity contribution is 0.0908. The van der Waals surface area contributed by atoms with Crippen molar-refractivity contribution in [2.24, 2.45) is 5.92 Å². The van der Waals surface area contributed by atoms with Gasteiger partial charge in [0.05, 0.1) is 0 Å². The largest absolute Gasteiger partial charge is 0.399 e. The molecule has 2 rings (SSSR count). The third-order valence-electron chi connectivity index (χ3n) is 3.40. The fourth-order valence-electron chi connectivity index (χ4n) is 2.47. The van der Waals surface area contributed by atoms with E-state index in [-0.39, 0.29) is 11.7 Å². The number of anilines is 1. The molecular formula is C14H19NO. The van der Waals surface area contributed by atoms with Crippen molar-refractivity contribution in [3.63, 3.8) is 0 Å². The molecule has 2 heteroatoms. The highest BCUT2D eigenvalue weighted by Gasteiger charge is 2.21. The molecule has 0 radical (unpaired) electrons. The summed E-state index contributed by atoms with van der Waals surface area (Å²) >= 11 is 0. The van der Waals surface area contributed by atoms with Crippen molar-refractivity contribution >= 4 is 11.5 Å². The van der Waals surface area contributed by atoms with Crippen molar-refractivity contribution in [1.29, 1.82) is 0 Å². The first-order chi connectivity index (χ1) is 7.77. The summed E-state index contributed by atoms with van der Waals surface area (Å²) in [6.45, 7) is 0. The van der Waals surface area contributed by atoms with Crippen LogP contribution >= 0.6 is 0 Å². The van der Waals surface area contributed by atoms with Crippen molar-refractivity contribution in [3.05, 3.63) is 29.8 Å². The third kappa shape index (κ3) is 2.63. The smallest absolute Gasteiger partial charge is 0.166 e. The first-order valence-electron chi connectivity index (χ1n) is 6.17. The van der Waals surface area contributed by atoms with Gasteiger partial charge in [0.15, 0.2) is 5.78 Å². The van der Waals surface area contributed by atoms with E-state index in [0.29, 0.717) is 5.69 Å². The van der Waals surface area contributed by atoms with Crippen molar-refractivity contribution in [3.8, 4) is 0 Å². The van der Waals surface area contributed by atoms with Gasteiger partial charge < -0.3 is 5.73 Å². The second-order valence-electron chi connectivity index (χ2n) is 4.68. The highest BCUT2D eigenvalue weighted by molar-refractivity contribution is 5.98. The van der Waals surface area contributed by atoms with Crippen molar-refractivity contribution in [2.75, 3.05) is 5.73 Å². The Labute approximate surface area is 96.8 Å². The van der Waals surface area contributed by atoms with Crippen LogP contribution in [0.1, 0.15) is 48.9 Å². The lowest BCUT2D eigenvalue weighted by atomic mass is 9.91. The van der Waals surface area contributed by atoms with E-state index >= 15 is 0 Å². The van der Waals surface area contributed by atoms with Crippen LogP contribution in [0.25, 0.3) is 0 Å². The summed E-state index contributed by atoms with van der Waals surface area (Å²) in [7, 11) is 0. The minimum absolute atomic E-state index is 0.226. The Morgan fingerprint density at radius 2 is 1.81 bits per heavy atom. The molecule has 0 bridgehead atoms. The van der Waals surface area contributed by atoms with Crippen LogP contribution < -0.4 is 5.73 Å². The summed E-state index contributed by atoms with van der Waals surface area (Å²) in [5, 5.41) is 0. The molecular weight excluding hydrogens is 198 g/mol. The molecule has 0 aromatic heterocycles. The Balaban J connectivity index is 2.11. The molecule has 1 fully saturated rings. The van der Waals surface area contributed by atoms with Gasteiger partial charge in [-0.15, -0.1) is 0 Å². The molecule has 0 atom stereocenters. The average molecular weight is 217 g/mol. The number of carbonyl (C=O) groups is 1. The molecule has 0 amide bonds. The molecule has 1 aliphatic carbocycles. The molecule has 0 spiro atoms. The van der Waals surface area contributed by atoms with Gasteiger partial charge in [-0.05, 0) is 25.0 Å². The Hall–Kier alpha value is -1.31. The number of carbonyl (C=O) groups excluding carboxylic acids is 1. The van der Waals surface area contributed by atoms with E-state index in [4.69, 9.17) is 5.73 Å².